The number of hydrogen-bond acceptors (Lipinski definition) is 2. The summed E-state index contributed by atoms with van der Waals surface area (Å²) in [6.45, 7) is 3.86. The molecular formula is C13H18N2O. The maximum atomic E-state index is 11.9. The number of aryl methyl sites for hydroxylation is 1. The Morgan fingerprint density at radius 1 is 1.50 bits per heavy atom. The molecule has 2 N–H and O–H groups in total. The lowest BCUT2D eigenvalue weighted by Gasteiger charge is -2.12. The normalized spacial score (nSPS) is 19.7. The van der Waals surface area contributed by atoms with Crippen LogP contribution in [0.2, 0.25) is 0 Å². The van der Waals surface area contributed by atoms with Crippen LogP contribution in [0, 0.1) is 5.92 Å². The third kappa shape index (κ3) is 2.42. The van der Waals surface area contributed by atoms with Crippen molar-refractivity contribution in [2.24, 2.45) is 5.92 Å². The zero-order valence-corrected chi connectivity index (χ0v) is 9.62. The molecule has 0 spiro atoms. The molecule has 1 amide bonds. The van der Waals surface area contributed by atoms with E-state index in [1.165, 1.54) is 5.56 Å². The molecule has 3 heteroatoms. The largest absolute Gasteiger partial charge is 0.326 e. The fourth-order valence-electron chi connectivity index (χ4n) is 2.06. The first kappa shape index (κ1) is 11.1. The van der Waals surface area contributed by atoms with E-state index >= 15 is 0 Å². The maximum Gasteiger partial charge on any atom is 0.228 e. The van der Waals surface area contributed by atoms with Crippen molar-refractivity contribution >= 4 is 11.6 Å². The number of benzene rings is 1. The number of rotatable bonds is 3. The van der Waals surface area contributed by atoms with Crippen molar-refractivity contribution in [3.8, 4) is 0 Å². The number of carbonyl (C=O) groups excluding carboxylic acids is 1. The first-order chi connectivity index (χ1) is 7.81. The van der Waals surface area contributed by atoms with Crippen LogP contribution in [0.4, 0.5) is 5.69 Å². The van der Waals surface area contributed by atoms with Crippen molar-refractivity contribution in [1.29, 1.82) is 0 Å². The highest BCUT2D eigenvalue weighted by Gasteiger charge is 2.22. The summed E-state index contributed by atoms with van der Waals surface area (Å²) in [5, 5.41) is 6.23. The standard InChI is InChI=1S/C13H18N2O/c1-2-10-5-3-4-6-12(10)15-13(16)11-7-8-14-9-11/h3-6,11,14H,2,7-9H2,1H3,(H,15,16). The van der Waals surface area contributed by atoms with Crippen LogP contribution >= 0.6 is 0 Å². The first-order valence-corrected chi connectivity index (χ1v) is 5.90. The van der Waals surface area contributed by atoms with E-state index in [1.807, 2.05) is 18.2 Å². The molecule has 1 heterocycles. The third-order valence-electron chi connectivity index (χ3n) is 3.09. The van der Waals surface area contributed by atoms with E-state index < -0.39 is 0 Å². The average molecular weight is 218 g/mol. The summed E-state index contributed by atoms with van der Waals surface area (Å²) in [7, 11) is 0. The van der Waals surface area contributed by atoms with E-state index in [-0.39, 0.29) is 11.8 Å². The Labute approximate surface area is 96.2 Å². The summed E-state index contributed by atoms with van der Waals surface area (Å²) in [6.07, 6.45) is 1.89. The van der Waals surface area contributed by atoms with Crippen LogP contribution in [-0.2, 0) is 11.2 Å². The maximum absolute atomic E-state index is 11.9. The Morgan fingerprint density at radius 2 is 2.31 bits per heavy atom. The summed E-state index contributed by atoms with van der Waals surface area (Å²) >= 11 is 0. The second-order valence-corrected chi connectivity index (χ2v) is 4.19. The Morgan fingerprint density at radius 3 is 3.00 bits per heavy atom. The lowest BCUT2D eigenvalue weighted by molar-refractivity contribution is -0.119. The van der Waals surface area contributed by atoms with Crippen LogP contribution in [0.1, 0.15) is 18.9 Å². The molecule has 1 aliphatic rings. The van der Waals surface area contributed by atoms with Gasteiger partial charge < -0.3 is 10.6 Å². The van der Waals surface area contributed by atoms with Gasteiger partial charge in [-0.05, 0) is 31.0 Å². The molecular weight excluding hydrogens is 200 g/mol. The quantitative estimate of drug-likeness (QED) is 0.812. The van der Waals surface area contributed by atoms with E-state index in [2.05, 4.69) is 23.6 Å². The highest BCUT2D eigenvalue weighted by Crippen LogP contribution is 2.18. The molecule has 1 unspecified atom stereocenters. The molecule has 1 aliphatic heterocycles. The second-order valence-electron chi connectivity index (χ2n) is 4.19. The van der Waals surface area contributed by atoms with Crippen LogP contribution in [0.15, 0.2) is 24.3 Å². The van der Waals surface area contributed by atoms with Gasteiger partial charge in [-0.2, -0.15) is 0 Å². The van der Waals surface area contributed by atoms with Crippen LogP contribution in [0.3, 0.4) is 0 Å². The minimum atomic E-state index is 0.130. The molecule has 2 rings (SSSR count). The molecule has 0 saturated carbocycles. The number of amides is 1. The van der Waals surface area contributed by atoms with Crippen LogP contribution in [-0.4, -0.2) is 19.0 Å². The van der Waals surface area contributed by atoms with Crippen LogP contribution < -0.4 is 10.6 Å². The van der Waals surface area contributed by atoms with Gasteiger partial charge in [-0.15, -0.1) is 0 Å². The van der Waals surface area contributed by atoms with Crippen LogP contribution in [0.5, 0.6) is 0 Å². The number of nitrogens with one attached hydrogen (secondary N) is 2. The van der Waals surface area contributed by atoms with E-state index in [1.54, 1.807) is 0 Å². The molecule has 1 aromatic carbocycles. The molecule has 0 aliphatic carbocycles. The minimum Gasteiger partial charge on any atom is -0.326 e. The van der Waals surface area contributed by atoms with Gasteiger partial charge in [0.1, 0.15) is 0 Å². The Kier molecular flexibility index (Phi) is 3.57. The van der Waals surface area contributed by atoms with Crippen molar-refractivity contribution in [3.05, 3.63) is 29.8 Å². The highest BCUT2D eigenvalue weighted by molar-refractivity contribution is 5.93. The third-order valence-corrected chi connectivity index (χ3v) is 3.09. The smallest absolute Gasteiger partial charge is 0.228 e. The number of carbonyl (C=O) groups is 1. The van der Waals surface area contributed by atoms with Gasteiger partial charge >= 0.3 is 0 Å². The van der Waals surface area contributed by atoms with Crippen molar-refractivity contribution in [2.45, 2.75) is 19.8 Å². The Bertz CT molecular complexity index is 370. The fraction of sp³-hybridized carbons (Fsp3) is 0.462. The second kappa shape index (κ2) is 5.12. The van der Waals surface area contributed by atoms with Crippen LogP contribution in [0.25, 0.3) is 0 Å². The van der Waals surface area contributed by atoms with Gasteiger partial charge in [-0.3, -0.25) is 4.79 Å². The van der Waals surface area contributed by atoms with Gasteiger partial charge in [-0.1, -0.05) is 25.1 Å². The summed E-state index contributed by atoms with van der Waals surface area (Å²) < 4.78 is 0. The molecule has 1 aromatic rings. The monoisotopic (exact) mass is 218 g/mol. The zero-order valence-electron chi connectivity index (χ0n) is 9.62. The van der Waals surface area contributed by atoms with Gasteiger partial charge in [0.05, 0.1) is 5.92 Å². The predicted octanol–water partition coefficient (Wildman–Crippen LogP) is 1.80. The zero-order chi connectivity index (χ0) is 11.4. The fourth-order valence-corrected chi connectivity index (χ4v) is 2.06. The molecule has 0 radical (unpaired) electrons. The van der Waals surface area contributed by atoms with Crippen molar-refractivity contribution < 1.29 is 4.79 Å². The molecule has 0 aromatic heterocycles. The molecule has 1 fully saturated rings. The Balaban J connectivity index is 2.05. The van der Waals surface area contributed by atoms with Gasteiger partial charge in [0.15, 0.2) is 0 Å². The molecule has 1 saturated heterocycles. The SMILES string of the molecule is CCc1ccccc1NC(=O)C1CCNC1. The molecule has 16 heavy (non-hydrogen) atoms. The first-order valence-electron chi connectivity index (χ1n) is 5.90. The van der Waals surface area contributed by atoms with Gasteiger partial charge in [0.25, 0.3) is 0 Å². The summed E-state index contributed by atoms with van der Waals surface area (Å²) in [5.74, 6) is 0.274. The number of hydrogen-bond donors (Lipinski definition) is 2. The summed E-state index contributed by atoms with van der Waals surface area (Å²) in [5.41, 5.74) is 2.16. The van der Waals surface area contributed by atoms with Crippen molar-refractivity contribution in [2.75, 3.05) is 18.4 Å². The molecule has 86 valence electrons. The van der Waals surface area contributed by atoms with Gasteiger partial charge in [-0.25, -0.2) is 0 Å². The van der Waals surface area contributed by atoms with Crippen molar-refractivity contribution in [1.82, 2.24) is 5.32 Å². The Hall–Kier alpha value is -1.35. The van der Waals surface area contributed by atoms with E-state index in [9.17, 15) is 4.79 Å². The topological polar surface area (TPSA) is 41.1 Å². The molecule has 0 bridgehead atoms. The van der Waals surface area contributed by atoms with Crippen molar-refractivity contribution in [3.63, 3.8) is 0 Å². The molecule has 3 nitrogen and oxygen atoms in total. The van der Waals surface area contributed by atoms with E-state index in [0.29, 0.717) is 0 Å². The minimum absolute atomic E-state index is 0.130. The van der Waals surface area contributed by atoms with Gasteiger partial charge in [0.2, 0.25) is 5.91 Å². The van der Waals surface area contributed by atoms with Gasteiger partial charge in [0, 0.05) is 12.2 Å². The van der Waals surface area contributed by atoms with E-state index in [0.717, 1.165) is 31.6 Å². The molecule has 1 atom stereocenters. The highest BCUT2D eigenvalue weighted by atomic mass is 16.1. The predicted molar refractivity (Wildman–Crippen MR) is 65.4 cm³/mol. The lowest BCUT2D eigenvalue weighted by atomic mass is 10.1. The summed E-state index contributed by atoms with van der Waals surface area (Å²) in [6, 6.07) is 7.99. The number of anilines is 1. The summed E-state index contributed by atoms with van der Waals surface area (Å²) in [4.78, 5) is 11.9. The average Bonchev–Trinajstić information content (AvgIpc) is 2.83. The number of para-hydroxylation sites is 1. The lowest BCUT2D eigenvalue weighted by Crippen LogP contribution is -2.25. The van der Waals surface area contributed by atoms with E-state index in [4.69, 9.17) is 0 Å².